The van der Waals surface area contributed by atoms with Crippen molar-refractivity contribution in [2.75, 3.05) is 19.8 Å². The minimum absolute atomic E-state index is 0.145. The van der Waals surface area contributed by atoms with Crippen LogP contribution < -0.4 is 5.73 Å². The molecule has 18 heavy (non-hydrogen) atoms. The van der Waals surface area contributed by atoms with E-state index in [0.29, 0.717) is 15.7 Å². The number of nitrogen functional groups attached to an aromatic ring is 1. The molecule has 0 aliphatic carbocycles. The Morgan fingerprint density at radius 3 is 2.94 bits per heavy atom. The molecule has 0 aliphatic rings. The number of anilines is 1. The van der Waals surface area contributed by atoms with E-state index >= 15 is 0 Å². The predicted octanol–water partition coefficient (Wildman–Crippen LogP) is 1.33. The minimum Gasteiger partial charge on any atom is -0.383 e. The van der Waals surface area contributed by atoms with E-state index < -0.39 is 0 Å². The molecule has 0 radical (unpaired) electrons. The van der Waals surface area contributed by atoms with Gasteiger partial charge in [0.1, 0.15) is 16.4 Å². The summed E-state index contributed by atoms with van der Waals surface area (Å²) in [5, 5.41) is 4.03. The third kappa shape index (κ3) is 2.21. The molecule has 7 heteroatoms. The van der Waals surface area contributed by atoms with E-state index in [4.69, 9.17) is 5.73 Å². The van der Waals surface area contributed by atoms with Gasteiger partial charge in [-0.2, -0.15) is 5.10 Å². The van der Waals surface area contributed by atoms with E-state index in [9.17, 15) is 4.79 Å². The van der Waals surface area contributed by atoms with Gasteiger partial charge in [0, 0.05) is 26.4 Å². The Morgan fingerprint density at radius 1 is 1.56 bits per heavy atom. The Bertz CT molecular complexity index is 632. The second-order valence-corrected chi connectivity index (χ2v) is 4.74. The van der Waals surface area contributed by atoms with E-state index in [0.717, 1.165) is 0 Å². The van der Waals surface area contributed by atoms with Gasteiger partial charge in [-0.05, 0) is 22.0 Å². The van der Waals surface area contributed by atoms with Crippen molar-refractivity contribution < 1.29 is 4.79 Å². The molecule has 0 amide bonds. The van der Waals surface area contributed by atoms with Gasteiger partial charge in [0.2, 0.25) is 0 Å². The molecule has 6 nitrogen and oxygen atoms in total. The minimum atomic E-state index is -0.145. The number of rotatable bonds is 3. The molecular formula is C11H12BrN5O. The van der Waals surface area contributed by atoms with Crippen molar-refractivity contribution in [2.45, 2.75) is 0 Å². The number of ketones is 1. The molecule has 0 atom stereocenters. The number of hydrogen-bond acceptors (Lipinski definition) is 5. The second-order valence-electron chi connectivity index (χ2n) is 3.93. The summed E-state index contributed by atoms with van der Waals surface area (Å²) in [6, 6.07) is 1.68. The molecule has 2 rings (SSSR count). The summed E-state index contributed by atoms with van der Waals surface area (Å²) in [5.41, 5.74) is 6.77. The highest BCUT2D eigenvalue weighted by atomic mass is 79.9. The van der Waals surface area contributed by atoms with E-state index in [-0.39, 0.29) is 11.6 Å². The fraction of sp³-hybridized carbons (Fsp3) is 0.182. The van der Waals surface area contributed by atoms with Gasteiger partial charge in [0.05, 0.1) is 5.56 Å². The van der Waals surface area contributed by atoms with Gasteiger partial charge in [-0.15, -0.1) is 0 Å². The molecule has 0 aromatic carbocycles. The quantitative estimate of drug-likeness (QED) is 0.684. The summed E-state index contributed by atoms with van der Waals surface area (Å²) in [7, 11) is 3.68. The van der Waals surface area contributed by atoms with Gasteiger partial charge >= 0.3 is 0 Å². The number of nitrogens with two attached hydrogens (primary N) is 1. The maximum Gasteiger partial charge on any atom is 0.189 e. The average Bonchev–Trinajstić information content (AvgIpc) is 2.66. The Kier molecular flexibility index (Phi) is 3.33. The molecular weight excluding hydrogens is 298 g/mol. The molecule has 0 saturated heterocycles. The molecule has 2 N–H and O–H groups in total. The van der Waals surface area contributed by atoms with E-state index in [1.165, 1.54) is 12.4 Å². The number of allylic oxidation sites excluding steroid dienone is 1. The summed E-state index contributed by atoms with van der Waals surface area (Å²) in [6.07, 6.45) is 4.50. The van der Waals surface area contributed by atoms with E-state index in [1.807, 2.05) is 14.1 Å². The molecule has 2 heterocycles. The number of fused-ring (bicyclic) bond motifs is 1. The lowest BCUT2D eigenvalue weighted by Gasteiger charge is -2.02. The SMILES string of the molecule is CN(C)C=CC(=O)c1cc(Br)n2ncnc(N)c12. The zero-order valence-electron chi connectivity index (χ0n) is 9.96. The van der Waals surface area contributed by atoms with Crippen LogP contribution in [0, 0.1) is 0 Å². The van der Waals surface area contributed by atoms with Crippen molar-refractivity contribution in [1.82, 2.24) is 19.5 Å². The molecule has 0 aliphatic heterocycles. The first-order valence-corrected chi connectivity index (χ1v) is 5.96. The largest absolute Gasteiger partial charge is 0.383 e. The summed E-state index contributed by atoms with van der Waals surface area (Å²) < 4.78 is 2.20. The normalized spacial score (nSPS) is 11.3. The zero-order valence-corrected chi connectivity index (χ0v) is 11.5. The van der Waals surface area contributed by atoms with Crippen molar-refractivity contribution in [3.63, 3.8) is 0 Å². The van der Waals surface area contributed by atoms with Crippen LogP contribution in [-0.4, -0.2) is 39.4 Å². The molecule has 94 valence electrons. The van der Waals surface area contributed by atoms with Gasteiger partial charge < -0.3 is 10.6 Å². The lowest BCUT2D eigenvalue weighted by Crippen LogP contribution is -2.05. The number of aromatic nitrogens is 3. The van der Waals surface area contributed by atoms with Crippen LogP contribution in [0.15, 0.2) is 29.3 Å². The Labute approximate surface area is 112 Å². The van der Waals surface area contributed by atoms with Crippen LogP contribution in [0.1, 0.15) is 10.4 Å². The number of nitrogens with zero attached hydrogens (tertiary/aromatic N) is 4. The molecule has 2 aromatic rings. The van der Waals surface area contributed by atoms with Crippen molar-refractivity contribution in [2.24, 2.45) is 0 Å². The van der Waals surface area contributed by atoms with Crippen LogP contribution in [-0.2, 0) is 0 Å². The summed E-state index contributed by atoms with van der Waals surface area (Å²) in [6.45, 7) is 0. The third-order valence-electron chi connectivity index (χ3n) is 2.33. The molecule has 0 fully saturated rings. The van der Waals surface area contributed by atoms with E-state index in [2.05, 4.69) is 26.0 Å². The van der Waals surface area contributed by atoms with Crippen LogP contribution in [0.4, 0.5) is 5.82 Å². The van der Waals surface area contributed by atoms with Crippen molar-refractivity contribution in [1.29, 1.82) is 0 Å². The van der Waals surface area contributed by atoms with Gasteiger partial charge in [0.25, 0.3) is 0 Å². The Hall–Kier alpha value is -1.89. The molecule has 0 spiro atoms. The highest BCUT2D eigenvalue weighted by molar-refractivity contribution is 9.10. The van der Waals surface area contributed by atoms with Gasteiger partial charge in [0.15, 0.2) is 11.6 Å². The Morgan fingerprint density at radius 2 is 2.28 bits per heavy atom. The van der Waals surface area contributed by atoms with Crippen molar-refractivity contribution in [3.05, 3.63) is 34.8 Å². The molecule has 0 saturated carbocycles. The van der Waals surface area contributed by atoms with Crippen LogP contribution in [0.2, 0.25) is 0 Å². The number of hydrogen-bond donors (Lipinski definition) is 1. The smallest absolute Gasteiger partial charge is 0.189 e. The first kappa shape index (κ1) is 12.6. The summed E-state index contributed by atoms with van der Waals surface area (Å²) >= 11 is 3.33. The third-order valence-corrected chi connectivity index (χ3v) is 2.89. The van der Waals surface area contributed by atoms with Gasteiger partial charge in [-0.25, -0.2) is 9.50 Å². The van der Waals surface area contributed by atoms with E-state index in [1.54, 1.807) is 21.7 Å². The summed E-state index contributed by atoms with van der Waals surface area (Å²) in [5.74, 6) is 0.130. The molecule has 0 unspecified atom stereocenters. The van der Waals surface area contributed by atoms with Gasteiger partial charge in [-0.3, -0.25) is 4.79 Å². The highest BCUT2D eigenvalue weighted by Crippen LogP contribution is 2.24. The fourth-order valence-corrected chi connectivity index (χ4v) is 2.02. The maximum atomic E-state index is 12.1. The first-order chi connectivity index (χ1) is 8.50. The first-order valence-electron chi connectivity index (χ1n) is 5.17. The molecule has 0 bridgehead atoms. The second kappa shape index (κ2) is 4.77. The van der Waals surface area contributed by atoms with Crippen LogP contribution in [0.5, 0.6) is 0 Å². The average molecular weight is 310 g/mol. The standard InChI is InChI=1S/C11H12BrN5O/c1-16(2)4-3-8(18)7-5-9(12)17-10(7)11(13)14-6-15-17/h3-6H,1-2H3,(H2,13,14,15). The number of halogens is 1. The highest BCUT2D eigenvalue weighted by Gasteiger charge is 2.16. The van der Waals surface area contributed by atoms with Crippen molar-refractivity contribution in [3.8, 4) is 0 Å². The summed E-state index contributed by atoms with van der Waals surface area (Å²) in [4.78, 5) is 17.7. The van der Waals surface area contributed by atoms with Crippen LogP contribution in [0.3, 0.4) is 0 Å². The van der Waals surface area contributed by atoms with Crippen LogP contribution >= 0.6 is 15.9 Å². The number of carbonyl (C=O) groups is 1. The van der Waals surface area contributed by atoms with Gasteiger partial charge in [-0.1, -0.05) is 0 Å². The lowest BCUT2D eigenvalue weighted by molar-refractivity contribution is 0.104. The lowest BCUT2D eigenvalue weighted by atomic mass is 10.2. The maximum absolute atomic E-state index is 12.1. The zero-order chi connectivity index (χ0) is 13.3. The Balaban J connectivity index is 2.55. The van der Waals surface area contributed by atoms with Crippen molar-refractivity contribution >= 4 is 33.0 Å². The molecule has 2 aromatic heterocycles. The fourth-order valence-electron chi connectivity index (χ4n) is 1.52. The topological polar surface area (TPSA) is 76.5 Å². The number of carbonyl (C=O) groups excluding carboxylic acids is 1. The van der Waals surface area contributed by atoms with Crippen LogP contribution in [0.25, 0.3) is 5.52 Å². The monoisotopic (exact) mass is 309 g/mol. The predicted molar refractivity (Wildman–Crippen MR) is 72.3 cm³/mol.